The fraction of sp³-hybridized carbons (Fsp3) is 0.400. The quantitative estimate of drug-likeness (QED) is 0.848. The van der Waals surface area contributed by atoms with Crippen molar-refractivity contribution < 1.29 is 22.0 Å². The van der Waals surface area contributed by atoms with E-state index in [0.29, 0.717) is 25.4 Å². The molecule has 1 N–H and O–H groups in total. The van der Waals surface area contributed by atoms with E-state index >= 15 is 0 Å². The molecule has 0 atom stereocenters. The lowest BCUT2D eigenvalue weighted by molar-refractivity contribution is -0.137. The second kappa shape index (κ2) is 5.92. The third-order valence-electron chi connectivity index (χ3n) is 3.17. The van der Waals surface area contributed by atoms with Crippen molar-refractivity contribution in [3.63, 3.8) is 0 Å². The Morgan fingerprint density at radius 2 is 1.65 bits per heavy atom. The highest BCUT2D eigenvalue weighted by Crippen LogP contribution is 2.37. The monoisotopic (exact) mass is 333 g/mol. The fourth-order valence-corrected chi connectivity index (χ4v) is 2.09. The molecule has 23 heavy (non-hydrogen) atoms. The van der Waals surface area contributed by atoms with Crippen LogP contribution in [-0.4, -0.2) is 29.0 Å². The molecule has 8 heteroatoms. The molecule has 0 saturated heterocycles. The zero-order chi connectivity index (χ0) is 17.4. The van der Waals surface area contributed by atoms with Crippen LogP contribution in [-0.2, 0) is 18.6 Å². The first kappa shape index (κ1) is 17.4. The van der Waals surface area contributed by atoms with Gasteiger partial charge in [-0.15, -0.1) is 0 Å². The second-order valence-corrected chi connectivity index (χ2v) is 5.67. The van der Waals surface area contributed by atoms with Gasteiger partial charge in [0.1, 0.15) is 5.82 Å². The third kappa shape index (κ3) is 4.28. The van der Waals surface area contributed by atoms with Crippen molar-refractivity contribution in [2.24, 2.45) is 0 Å². The van der Waals surface area contributed by atoms with Gasteiger partial charge in [0.2, 0.25) is 0 Å². The summed E-state index contributed by atoms with van der Waals surface area (Å²) in [5.74, 6) is -2.84. The average molecular weight is 333 g/mol. The number of H-pyrrole nitrogens is 1. The van der Waals surface area contributed by atoms with Crippen molar-refractivity contribution in [1.82, 2.24) is 14.9 Å². The molecule has 0 fully saturated rings. The zero-order valence-corrected chi connectivity index (χ0v) is 12.8. The van der Waals surface area contributed by atoms with E-state index in [1.165, 1.54) is 6.20 Å². The van der Waals surface area contributed by atoms with Gasteiger partial charge in [-0.2, -0.15) is 13.2 Å². The SMILES string of the molecule is CN(C)Cc1ncc(-c2cc(C(C)(F)F)cc(C(F)(F)F)c2)[nH]1. The van der Waals surface area contributed by atoms with Crippen molar-refractivity contribution in [2.75, 3.05) is 14.1 Å². The Balaban J connectivity index is 2.51. The molecule has 3 nitrogen and oxygen atoms in total. The minimum Gasteiger partial charge on any atom is -0.341 e. The van der Waals surface area contributed by atoms with Crippen LogP contribution in [0.1, 0.15) is 23.9 Å². The van der Waals surface area contributed by atoms with Gasteiger partial charge in [-0.3, -0.25) is 0 Å². The van der Waals surface area contributed by atoms with Gasteiger partial charge in [0.05, 0.1) is 24.0 Å². The maximum Gasteiger partial charge on any atom is 0.416 e. The summed E-state index contributed by atoms with van der Waals surface area (Å²) in [5, 5.41) is 0. The Morgan fingerprint density at radius 1 is 1.04 bits per heavy atom. The highest BCUT2D eigenvalue weighted by Gasteiger charge is 2.34. The molecule has 2 rings (SSSR count). The number of aromatic amines is 1. The molecule has 0 unspecified atom stereocenters. The molecule has 0 amide bonds. The van der Waals surface area contributed by atoms with Crippen LogP contribution in [0, 0.1) is 0 Å². The van der Waals surface area contributed by atoms with Crippen LogP contribution in [0.5, 0.6) is 0 Å². The summed E-state index contributed by atoms with van der Waals surface area (Å²) in [6.07, 6.45) is -3.37. The molecule has 1 aromatic carbocycles. The number of halogens is 5. The van der Waals surface area contributed by atoms with Crippen LogP contribution >= 0.6 is 0 Å². The summed E-state index contributed by atoms with van der Waals surface area (Å²) in [7, 11) is 3.62. The number of imidazole rings is 1. The number of nitrogens with zero attached hydrogens (tertiary/aromatic N) is 2. The van der Waals surface area contributed by atoms with E-state index in [2.05, 4.69) is 9.97 Å². The van der Waals surface area contributed by atoms with Gasteiger partial charge < -0.3 is 9.88 Å². The number of rotatable bonds is 4. The Morgan fingerprint density at radius 3 is 2.17 bits per heavy atom. The Kier molecular flexibility index (Phi) is 4.48. The van der Waals surface area contributed by atoms with E-state index in [4.69, 9.17) is 0 Å². The van der Waals surface area contributed by atoms with Gasteiger partial charge in [-0.1, -0.05) is 0 Å². The van der Waals surface area contributed by atoms with Crippen molar-refractivity contribution in [3.05, 3.63) is 41.3 Å². The van der Waals surface area contributed by atoms with Crippen LogP contribution in [0.3, 0.4) is 0 Å². The smallest absolute Gasteiger partial charge is 0.341 e. The van der Waals surface area contributed by atoms with Crippen LogP contribution in [0.2, 0.25) is 0 Å². The van der Waals surface area contributed by atoms with Crippen LogP contribution in [0.25, 0.3) is 11.3 Å². The molecule has 1 aromatic heterocycles. The van der Waals surface area contributed by atoms with Crippen molar-refractivity contribution in [2.45, 2.75) is 25.6 Å². The summed E-state index contributed by atoms with van der Waals surface area (Å²) >= 11 is 0. The maximum absolute atomic E-state index is 13.5. The van der Waals surface area contributed by atoms with Gasteiger partial charge in [0, 0.05) is 18.1 Å². The third-order valence-corrected chi connectivity index (χ3v) is 3.17. The molecule has 0 aliphatic rings. The standard InChI is InChI=1S/C15H16F5N3/c1-14(16,17)10-4-9(5-11(6-10)15(18,19)20)12-7-21-13(22-12)8-23(2)3/h4-7H,8H2,1-3H3,(H,21,22). The van der Waals surface area contributed by atoms with Crippen LogP contribution in [0.15, 0.2) is 24.4 Å². The predicted molar refractivity (Wildman–Crippen MR) is 76.0 cm³/mol. The van der Waals surface area contributed by atoms with Crippen molar-refractivity contribution in [1.29, 1.82) is 0 Å². The Hall–Kier alpha value is -1.96. The largest absolute Gasteiger partial charge is 0.416 e. The summed E-state index contributed by atoms with van der Waals surface area (Å²) in [6, 6.07) is 2.35. The van der Waals surface area contributed by atoms with E-state index in [1.807, 2.05) is 19.0 Å². The first-order valence-electron chi connectivity index (χ1n) is 6.76. The highest BCUT2D eigenvalue weighted by molar-refractivity contribution is 5.61. The minimum atomic E-state index is -4.71. The van der Waals surface area contributed by atoms with Gasteiger partial charge in [-0.05, 0) is 32.3 Å². The first-order valence-corrected chi connectivity index (χ1v) is 6.76. The molecule has 0 aliphatic heterocycles. The summed E-state index contributed by atoms with van der Waals surface area (Å²) in [6.45, 7) is 1.02. The molecule has 0 bridgehead atoms. The maximum atomic E-state index is 13.5. The van der Waals surface area contributed by atoms with Gasteiger partial charge in [0.25, 0.3) is 5.92 Å². The lowest BCUT2D eigenvalue weighted by Gasteiger charge is -2.15. The first-order chi connectivity index (χ1) is 10.5. The van der Waals surface area contributed by atoms with Gasteiger partial charge in [0.15, 0.2) is 0 Å². The number of benzene rings is 1. The average Bonchev–Trinajstić information content (AvgIpc) is 2.83. The summed E-state index contributed by atoms with van der Waals surface area (Å²) in [5.41, 5.74) is -1.52. The molecular weight excluding hydrogens is 317 g/mol. The minimum absolute atomic E-state index is 0.0221. The molecule has 0 spiro atoms. The van der Waals surface area contributed by atoms with E-state index in [9.17, 15) is 22.0 Å². The fourth-order valence-electron chi connectivity index (χ4n) is 2.09. The van der Waals surface area contributed by atoms with E-state index < -0.39 is 23.2 Å². The lowest BCUT2D eigenvalue weighted by atomic mass is 10.00. The van der Waals surface area contributed by atoms with Crippen LogP contribution in [0.4, 0.5) is 22.0 Å². The number of alkyl halides is 5. The second-order valence-electron chi connectivity index (χ2n) is 5.67. The molecule has 0 radical (unpaired) electrons. The number of nitrogens with one attached hydrogen (secondary N) is 1. The molecule has 0 saturated carbocycles. The number of aromatic nitrogens is 2. The van der Waals surface area contributed by atoms with Gasteiger partial charge in [-0.25, -0.2) is 13.8 Å². The summed E-state index contributed by atoms with van der Waals surface area (Å²) < 4.78 is 65.8. The molecule has 2 aromatic rings. The predicted octanol–water partition coefficient (Wildman–Crippen LogP) is 4.27. The van der Waals surface area contributed by atoms with E-state index in [0.717, 1.165) is 12.1 Å². The zero-order valence-electron chi connectivity index (χ0n) is 12.8. The van der Waals surface area contributed by atoms with E-state index in [-0.39, 0.29) is 11.3 Å². The molecule has 126 valence electrons. The van der Waals surface area contributed by atoms with Gasteiger partial charge >= 0.3 is 6.18 Å². The van der Waals surface area contributed by atoms with E-state index in [1.54, 1.807) is 0 Å². The molecule has 1 heterocycles. The molecule has 0 aliphatic carbocycles. The number of hydrogen-bond donors (Lipinski definition) is 1. The Bertz CT molecular complexity index is 651. The topological polar surface area (TPSA) is 31.9 Å². The highest BCUT2D eigenvalue weighted by atomic mass is 19.4. The lowest BCUT2D eigenvalue weighted by Crippen LogP contribution is -2.12. The summed E-state index contributed by atoms with van der Waals surface area (Å²) in [4.78, 5) is 8.72. The molecular formula is C15H16F5N3. The van der Waals surface area contributed by atoms with Crippen molar-refractivity contribution in [3.8, 4) is 11.3 Å². The number of hydrogen-bond acceptors (Lipinski definition) is 2. The normalized spacial score (nSPS) is 12.9. The van der Waals surface area contributed by atoms with Crippen LogP contribution < -0.4 is 0 Å². The van der Waals surface area contributed by atoms with Crippen molar-refractivity contribution >= 4 is 0 Å². The Labute approximate surface area is 130 Å².